The van der Waals surface area contributed by atoms with Crippen LogP contribution in [-0.2, 0) is 13.2 Å². The highest BCUT2D eigenvalue weighted by Crippen LogP contribution is 2.34. The third kappa shape index (κ3) is 3.84. The summed E-state index contributed by atoms with van der Waals surface area (Å²) in [7, 11) is 1.68. The van der Waals surface area contributed by atoms with Crippen LogP contribution in [0.2, 0.25) is 0 Å². The molecule has 3 aromatic rings. The van der Waals surface area contributed by atoms with Crippen molar-refractivity contribution in [1.82, 2.24) is 9.78 Å². The molecule has 29 heavy (non-hydrogen) atoms. The van der Waals surface area contributed by atoms with E-state index in [1.54, 1.807) is 43.6 Å². The van der Waals surface area contributed by atoms with Gasteiger partial charge in [0, 0.05) is 36.4 Å². The Bertz CT molecular complexity index is 1090. The topological polar surface area (TPSA) is 71.3 Å². The minimum absolute atomic E-state index is 0.277. The van der Waals surface area contributed by atoms with Gasteiger partial charge in [0.1, 0.15) is 11.9 Å². The number of anilines is 2. The number of rotatable bonds is 3. The highest BCUT2D eigenvalue weighted by Gasteiger charge is 2.31. The van der Waals surface area contributed by atoms with Crippen molar-refractivity contribution in [1.29, 1.82) is 0 Å². The smallest absolute Gasteiger partial charge is 0.360 e. The van der Waals surface area contributed by atoms with Gasteiger partial charge in [-0.25, -0.2) is 0 Å². The number of amides is 1. The molecule has 0 fully saturated rings. The number of alkyl halides is 3. The van der Waals surface area contributed by atoms with E-state index in [1.807, 2.05) is 0 Å². The Balaban J connectivity index is 1.47. The Kier molecular flexibility index (Phi) is 4.57. The molecule has 0 bridgehead atoms. The minimum Gasteiger partial charge on any atom is -0.360 e. The minimum atomic E-state index is -4.39. The van der Waals surface area contributed by atoms with Crippen molar-refractivity contribution in [3.63, 3.8) is 0 Å². The summed E-state index contributed by atoms with van der Waals surface area (Å²) in [5, 5.41) is 9.87. The largest absolute Gasteiger partial charge is 0.416 e. The van der Waals surface area contributed by atoms with Crippen molar-refractivity contribution in [2.75, 3.05) is 10.6 Å². The summed E-state index contributed by atoms with van der Waals surface area (Å²) >= 11 is 0. The van der Waals surface area contributed by atoms with E-state index >= 15 is 0 Å². The highest BCUT2D eigenvalue weighted by molar-refractivity contribution is 6.03. The van der Waals surface area contributed by atoms with Crippen LogP contribution in [0.5, 0.6) is 0 Å². The average Bonchev–Trinajstić information content (AvgIpc) is 3.13. The van der Waals surface area contributed by atoms with Gasteiger partial charge in [0.25, 0.3) is 5.91 Å². The van der Waals surface area contributed by atoms with Gasteiger partial charge in [-0.2, -0.15) is 18.3 Å². The molecule has 1 atom stereocenters. The molecule has 0 aliphatic carbocycles. The summed E-state index contributed by atoms with van der Waals surface area (Å²) in [5.41, 5.74) is 2.10. The first kappa shape index (κ1) is 18.7. The summed E-state index contributed by atoms with van der Waals surface area (Å²) in [5.74, 6) is -0.277. The number of aromatic nitrogens is 2. The first-order valence-corrected chi connectivity index (χ1v) is 8.71. The van der Waals surface area contributed by atoms with E-state index in [4.69, 9.17) is 0 Å². The molecule has 0 saturated heterocycles. The van der Waals surface area contributed by atoms with Crippen molar-refractivity contribution in [3.05, 3.63) is 77.1 Å². The number of nitrogens with zero attached hydrogens (tertiary/aromatic N) is 3. The summed E-state index contributed by atoms with van der Waals surface area (Å²) in [6.45, 7) is 0. The number of fused-ring (bicyclic) bond motifs is 1. The molecular formula is C20H16F3N5O. The van der Waals surface area contributed by atoms with Gasteiger partial charge in [-0.3, -0.25) is 14.5 Å². The lowest BCUT2D eigenvalue weighted by atomic mass is 10.1. The molecule has 6 nitrogen and oxygen atoms in total. The fraction of sp³-hybridized carbons (Fsp3) is 0.150. The number of carbonyl (C=O) groups is 1. The van der Waals surface area contributed by atoms with Gasteiger partial charge in [-0.15, -0.1) is 0 Å². The molecule has 4 rings (SSSR count). The third-order valence-electron chi connectivity index (χ3n) is 4.57. The van der Waals surface area contributed by atoms with Crippen molar-refractivity contribution in [2.24, 2.45) is 12.0 Å². The summed E-state index contributed by atoms with van der Waals surface area (Å²) < 4.78 is 40.0. The average molecular weight is 399 g/mol. The Morgan fingerprint density at radius 1 is 1.14 bits per heavy atom. The predicted molar refractivity (Wildman–Crippen MR) is 103 cm³/mol. The zero-order valence-electron chi connectivity index (χ0n) is 15.2. The van der Waals surface area contributed by atoms with Gasteiger partial charge >= 0.3 is 6.18 Å². The van der Waals surface area contributed by atoms with E-state index in [1.165, 1.54) is 17.0 Å². The molecule has 0 spiro atoms. The van der Waals surface area contributed by atoms with Gasteiger partial charge in [-0.05, 0) is 42.0 Å². The van der Waals surface area contributed by atoms with Crippen molar-refractivity contribution in [3.8, 4) is 0 Å². The quantitative estimate of drug-likeness (QED) is 0.692. The van der Waals surface area contributed by atoms with Gasteiger partial charge in [0.15, 0.2) is 0 Å². The van der Waals surface area contributed by atoms with Crippen LogP contribution in [0.15, 0.2) is 59.7 Å². The Labute approximate surface area is 164 Å². The molecule has 1 aliphatic heterocycles. The maximum absolute atomic E-state index is 12.8. The van der Waals surface area contributed by atoms with E-state index in [0.717, 1.165) is 17.7 Å². The monoisotopic (exact) mass is 399 g/mol. The second-order valence-electron chi connectivity index (χ2n) is 6.54. The molecule has 2 N–H and O–H groups in total. The van der Waals surface area contributed by atoms with Gasteiger partial charge in [-0.1, -0.05) is 12.1 Å². The van der Waals surface area contributed by atoms with Gasteiger partial charge < -0.3 is 10.6 Å². The predicted octanol–water partition coefficient (Wildman–Crippen LogP) is 4.23. The van der Waals surface area contributed by atoms with Crippen LogP contribution in [0.3, 0.4) is 0 Å². The molecule has 1 aliphatic rings. The lowest BCUT2D eigenvalue weighted by molar-refractivity contribution is -0.137. The highest BCUT2D eigenvalue weighted by atomic mass is 19.4. The van der Waals surface area contributed by atoms with Crippen LogP contribution < -0.4 is 10.6 Å². The molecule has 148 valence electrons. The van der Waals surface area contributed by atoms with Crippen molar-refractivity contribution >= 4 is 23.5 Å². The van der Waals surface area contributed by atoms with Crippen molar-refractivity contribution in [2.45, 2.75) is 12.3 Å². The Morgan fingerprint density at radius 3 is 2.55 bits per heavy atom. The van der Waals surface area contributed by atoms with E-state index in [2.05, 4.69) is 20.7 Å². The number of halogens is 3. The molecule has 9 heteroatoms. The molecule has 1 unspecified atom stereocenters. The van der Waals surface area contributed by atoms with E-state index < -0.39 is 17.9 Å². The van der Waals surface area contributed by atoms with Gasteiger partial charge in [0.05, 0.1) is 5.56 Å². The summed E-state index contributed by atoms with van der Waals surface area (Å²) in [6, 6.07) is 12.2. The number of aliphatic imine (C=N–C) groups is 1. The third-order valence-corrected chi connectivity index (χ3v) is 4.57. The maximum Gasteiger partial charge on any atom is 0.416 e. The second kappa shape index (κ2) is 7.08. The van der Waals surface area contributed by atoms with Crippen LogP contribution in [0, 0.1) is 0 Å². The lowest BCUT2D eigenvalue weighted by Crippen LogP contribution is -2.17. The fourth-order valence-corrected chi connectivity index (χ4v) is 3.03. The number of hydrogen-bond acceptors (Lipinski definition) is 4. The Morgan fingerprint density at radius 2 is 1.90 bits per heavy atom. The molecule has 0 saturated carbocycles. The van der Waals surface area contributed by atoms with Crippen LogP contribution in [0.1, 0.15) is 33.3 Å². The normalized spacial score (nSPS) is 15.5. The van der Waals surface area contributed by atoms with Crippen LogP contribution >= 0.6 is 0 Å². The standard InChI is InChI=1S/C20H16F3N5O/c1-28-17(8-9-25-28)19(29)26-15-5-2-12(3-6-15)18-24-11-13-10-14(20(21,22)23)4-7-16(13)27-18/h2-11,18,27H,1H3,(H,26,29). The van der Waals surface area contributed by atoms with Gasteiger partial charge in [0.2, 0.25) is 0 Å². The first-order chi connectivity index (χ1) is 13.8. The molecule has 2 heterocycles. The zero-order valence-corrected chi connectivity index (χ0v) is 15.2. The summed E-state index contributed by atoms with van der Waals surface area (Å²) in [4.78, 5) is 16.5. The van der Waals surface area contributed by atoms with Crippen LogP contribution in [-0.4, -0.2) is 21.9 Å². The fourth-order valence-electron chi connectivity index (χ4n) is 3.03. The molecule has 2 aromatic carbocycles. The van der Waals surface area contributed by atoms with E-state index in [-0.39, 0.29) is 5.91 Å². The molecular weight excluding hydrogens is 383 g/mol. The Hall–Kier alpha value is -3.62. The second-order valence-corrected chi connectivity index (χ2v) is 6.54. The number of benzene rings is 2. The zero-order chi connectivity index (χ0) is 20.6. The van der Waals surface area contributed by atoms with Crippen LogP contribution in [0.4, 0.5) is 24.5 Å². The van der Waals surface area contributed by atoms with E-state index in [0.29, 0.717) is 22.6 Å². The first-order valence-electron chi connectivity index (χ1n) is 8.71. The molecule has 1 aromatic heterocycles. The molecule has 1 amide bonds. The summed E-state index contributed by atoms with van der Waals surface area (Å²) in [6.07, 6.45) is -1.85. The number of aryl methyl sites for hydroxylation is 1. The molecule has 0 radical (unpaired) electrons. The van der Waals surface area contributed by atoms with Crippen LogP contribution in [0.25, 0.3) is 0 Å². The maximum atomic E-state index is 12.8. The lowest BCUT2D eigenvalue weighted by Gasteiger charge is -2.23. The SMILES string of the molecule is Cn1nccc1C(=O)Nc1ccc(C2N=Cc3cc(C(F)(F)F)ccc3N2)cc1. The number of hydrogen-bond donors (Lipinski definition) is 2. The van der Waals surface area contributed by atoms with E-state index in [9.17, 15) is 18.0 Å². The number of nitrogens with one attached hydrogen (secondary N) is 2. The van der Waals surface area contributed by atoms with Crippen molar-refractivity contribution < 1.29 is 18.0 Å². The number of carbonyl (C=O) groups excluding carboxylic acids is 1.